The second kappa shape index (κ2) is 4.97. The van der Waals surface area contributed by atoms with Crippen molar-refractivity contribution in [3.8, 4) is 0 Å². The third-order valence-electron chi connectivity index (χ3n) is 1.57. The number of hydrogen-bond acceptors (Lipinski definition) is 2. The first kappa shape index (κ1) is 10.2. The first-order valence-corrected chi connectivity index (χ1v) is 4.18. The zero-order chi connectivity index (χ0) is 10.4. The van der Waals surface area contributed by atoms with E-state index in [9.17, 15) is 4.79 Å². The molecule has 1 heterocycles. The van der Waals surface area contributed by atoms with Crippen LogP contribution in [0.5, 0.6) is 0 Å². The highest BCUT2D eigenvalue weighted by atomic mass is 16.4. The van der Waals surface area contributed by atoms with Crippen LogP contribution in [-0.2, 0) is 4.79 Å². The van der Waals surface area contributed by atoms with Gasteiger partial charge in [-0.05, 0) is 24.1 Å². The van der Waals surface area contributed by atoms with E-state index in [0.29, 0.717) is 5.57 Å². The Bertz CT molecular complexity index is 366. The lowest BCUT2D eigenvalue weighted by atomic mass is 10.2. The Morgan fingerprint density at radius 2 is 2.36 bits per heavy atom. The van der Waals surface area contributed by atoms with E-state index < -0.39 is 5.97 Å². The molecule has 1 aromatic heterocycles. The number of nitrogens with zero attached hydrogens (tertiary/aromatic N) is 1. The van der Waals surface area contributed by atoms with Crippen molar-refractivity contribution in [3.05, 3.63) is 47.8 Å². The fourth-order valence-electron chi connectivity index (χ4n) is 0.945. The van der Waals surface area contributed by atoms with Crippen molar-refractivity contribution in [3.63, 3.8) is 0 Å². The molecule has 1 N–H and O–H groups in total. The highest BCUT2D eigenvalue weighted by Gasteiger charge is 1.89. The molecule has 1 aromatic rings. The van der Waals surface area contributed by atoms with Crippen molar-refractivity contribution in [2.75, 3.05) is 0 Å². The van der Waals surface area contributed by atoms with Crippen LogP contribution in [0.25, 0.3) is 6.08 Å². The summed E-state index contributed by atoms with van der Waals surface area (Å²) in [7, 11) is 0. The Kier molecular flexibility index (Phi) is 3.61. The van der Waals surface area contributed by atoms with E-state index in [1.54, 1.807) is 25.4 Å². The van der Waals surface area contributed by atoms with Gasteiger partial charge in [-0.3, -0.25) is 4.98 Å². The molecule has 0 aliphatic heterocycles. The molecule has 0 aliphatic carbocycles. The average molecular weight is 189 g/mol. The third-order valence-corrected chi connectivity index (χ3v) is 1.57. The van der Waals surface area contributed by atoms with Crippen LogP contribution < -0.4 is 0 Å². The van der Waals surface area contributed by atoms with E-state index in [-0.39, 0.29) is 0 Å². The topological polar surface area (TPSA) is 50.2 Å². The van der Waals surface area contributed by atoms with Crippen LogP contribution in [0.15, 0.2) is 42.3 Å². The van der Waals surface area contributed by atoms with Gasteiger partial charge in [0.1, 0.15) is 0 Å². The third kappa shape index (κ3) is 3.67. The number of hydrogen-bond donors (Lipinski definition) is 1. The van der Waals surface area contributed by atoms with E-state index in [0.717, 1.165) is 11.6 Å². The summed E-state index contributed by atoms with van der Waals surface area (Å²) in [6, 6.07) is 3.73. The molecule has 0 bridgehead atoms. The molecule has 3 heteroatoms. The maximum atomic E-state index is 10.3. The van der Waals surface area contributed by atoms with Gasteiger partial charge >= 0.3 is 5.97 Å². The number of carboxylic acids is 1. The van der Waals surface area contributed by atoms with Crippen LogP contribution in [0.4, 0.5) is 0 Å². The van der Waals surface area contributed by atoms with Gasteiger partial charge in [0, 0.05) is 18.5 Å². The van der Waals surface area contributed by atoms with Gasteiger partial charge in [0.25, 0.3) is 0 Å². The van der Waals surface area contributed by atoms with Crippen LogP contribution in [0.2, 0.25) is 0 Å². The van der Waals surface area contributed by atoms with Crippen LogP contribution in [-0.4, -0.2) is 16.1 Å². The minimum Gasteiger partial charge on any atom is -0.478 e. The number of rotatable bonds is 3. The normalized spacial score (nSPS) is 11.9. The van der Waals surface area contributed by atoms with Gasteiger partial charge in [0.05, 0.1) is 0 Å². The van der Waals surface area contributed by atoms with Crippen molar-refractivity contribution in [1.82, 2.24) is 4.98 Å². The number of pyridine rings is 1. The summed E-state index contributed by atoms with van der Waals surface area (Å²) in [4.78, 5) is 14.2. The zero-order valence-electron chi connectivity index (χ0n) is 7.84. The van der Waals surface area contributed by atoms with Gasteiger partial charge in [-0.2, -0.15) is 0 Å². The first-order valence-electron chi connectivity index (χ1n) is 4.18. The largest absolute Gasteiger partial charge is 0.478 e. The molecule has 14 heavy (non-hydrogen) atoms. The lowest BCUT2D eigenvalue weighted by Gasteiger charge is -1.91. The lowest BCUT2D eigenvalue weighted by Crippen LogP contribution is -1.87. The summed E-state index contributed by atoms with van der Waals surface area (Å²) in [5.74, 6) is -0.932. The van der Waals surface area contributed by atoms with E-state index in [4.69, 9.17) is 5.11 Å². The van der Waals surface area contributed by atoms with Crippen molar-refractivity contribution < 1.29 is 9.90 Å². The lowest BCUT2D eigenvalue weighted by molar-refractivity contribution is -0.131. The van der Waals surface area contributed by atoms with Crippen molar-refractivity contribution in [1.29, 1.82) is 0 Å². The van der Waals surface area contributed by atoms with E-state index >= 15 is 0 Å². The molecule has 0 amide bonds. The molecule has 0 saturated heterocycles. The second-order valence-corrected chi connectivity index (χ2v) is 2.85. The molecule has 0 spiro atoms. The summed E-state index contributed by atoms with van der Waals surface area (Å²) in [5.41, 5.74) is 1.65. The fraction of sp³-hybridized carbons (Fsp3) is 0.0909. The summed E-state index contributed by atoms with van der Waals surface area (Å²) >= 11 is 0. The van der Waals surface area contributed by atoms with Crippen LogP contribution in [0.3, 0.4) is 0 Å². The summed E-state index contributed by atoms with van der Waals surface area (Å²) in [5, 5.41) is 8.46. The molecule has 3 nitrogen and oxygen atoms in total. The highest BCUT2D eigenvalue weighted by Crippen LogP contribution is 2.02. The monoisotopic (exact) mass is 189 g/mol. The van der Waals surface area contributed by atoms with E-state index in [1.165, 1.54) is 0 Å². The molecular weight excluding hydrogens is 178 g/mol. The Labute approximate surface area is 82.4 Å². The van der Waals surface area contributed by atoms with Crippen LogP contribution in [0, 0.1) is 0 Å². The average Bonchev–Trinajstić information content (AvgIpc) is 2.15. The predicted molar refractivity (Wildman–Crippen MR) is 54.7 cm³/mol. The molecule has 0 saturated carbocycles. The Hall–Kier alpha value is -1.90. The number of carboxylic acid groups (broad SMARTS) is 1. The van der Waals surface area contributed by atoms with Crippen LogP contribution >= 0.6 is 0 Å². The molecule has 0 unspecified atom stereocenters. The minimum atomic E-state index is -0.932. The number of aliphatic carboxylic acids is 1. The quantitative estimate of drug-likeness (QED) is 0.585. The molecular formula is C11H11NO2. The Morgan fingerprint density at radius 3 is 2.93 bits per heavy atom. The standard InChI is InChI=1S/C11H11NO2/c1-9(7-11(13)14)4-5-10-3-2-6-12-8-10/h2-8H,1H3,(H,13,14)/b5-4+,9-7-. The van der Waals surface area contributed by atoms with Gasteiger partial charge in [-0.15, -0.1) is 0 Å². The fourth-order valence-corrected chi connectivity index (χ4v) is 0.945. The SMILES string of the molecule is CC(=C/C(=O)O)/C=C/c1cccnc1. The maximum Gasteiger partial charge on any atom is 0.328 e. The summed E-state index contributed by atoms with van der Waals surface area (Å²) in [6.45, 7) is 1.74. The van der Waals surface area contributed by atoms with Gasteiger partial charge in [0.2, 0.25) is 0 Å². The van der Waals surface area contributed by atoms with Gasteiger partial charge < -0.3 is 5.11 Å². The molecule has 72 valence electrons. The van der Waals surface area contributed by atoms with E-state index in [1.807, 2.05) is 18.2 Å². The molecule has 1 rings (SSSR count). The molecule has 0 aromatic carbocycles. The maximum absolute atomic E-state index is 10.3. The van der Waals surface area contributed by atoms with Gasteiger partial charge in [0.15, 0.2) is 0 Å². The highest BCUT2D eigenvalue weighted by molar-refractivity contribution is 5.81. The number of aromatic nitrogens is 1. The van der Waals surface area contributed by atoms with Gasteiger partial charge in [-0.25, -0.2) is 4.79 Å². The first-order chi connectivity index (χ1) is 6.68. The predicted octanol–water partition coefficient (Wildman–Crippen LogP) is 2.13. The minimum absolute atomic E-state index is 0.696. The molecule has 0 radical (unpaired) electrons. The van der Waals surface area contributed by atoms with Crippen molar-refractivity contribution in [2.24, 2.45) is 0 Å². The number of carbonyl (C=O) groups is 1. The van der Waals surface area contributed by atoms with Crippen molar-refractivity contribution in [2.45, 2.75) is 6.92 Å². The molecule has 0 fully saturated rings. The van der Waals surface area contributed by atoms with Gasteiger partial charge in [-0.1, -0.05) is 18.2 Å². The summed E-state index contributed by atoms with van der Waals surface area (Å²) in [6.07, 6.45) is 8.13. The van der Waals surface area contributed by atoms with Crippen LogP contribution in [0.1, 0.15) is 12.5 Å². The Balaban J connectivity index is 2.70. The van der Waals surface area contributed by atoms with Crippen molar-refractivity contribution >= 4 is 12.0 Å². The molecule has 0 atom stereocenters. The zero-order valence-corrected chi connectivity index (χ0v) is 7.84. The number of allylic oxidation sites excluding steroid dienone is 2. The Morgan fingerprint density at radius 1 is 1.57 bits per heavy atom. The molecule has 0 aliphatic rings. The second-order valence-electron chi connectivity index (χ2n) is 2.85. The van der Waals surface area contributed by atoms with E-state index in [2.05, 4.69) is 4.98 Å². The smallest absolute Gasteiger partial charge is 0.328 e. The summed E-state index contributed by atoms with van der Waals surface area (Å²) < 4.78 is 0.